The molecule has 21 heavy (non-hydrogen) atoms. The highest BCUT2D eigenvalue weighted by molar-refractivity contribution is 5.76. The molecule has 0 bridgehead atoms. The molecule has 0 amide bonds. The first-order valence-electron chi connectivity index (χ1n) is 7.46. The number of hydrogen-bond acceptors (Lipinski definition) is 4. The summed E-state index contributed by atoms with van der Waals surface area (Å²) in [5, 5.41) is 3.57. The van der Waals surface area contributed by atoms with Crippen molar-refractivity contribution in [3.05, 3.63) is 36.2 Å². The van der Waals surface area contributed by atoms with Crippen molar-refractivity contribution in [1.82, 2.24) is 19.9 Å². The summed E-state index contributed by atoms with van der Waals surface area (Å²) in [5.74, 6) is 2.56. The van der Waals surface area contributed by atoms with Crippen molar-refractivity contribution in [3.8, 4) is 11.6 Å². The summed E-state index contributed by atoms with van der Waals surface area (Å²) in [7, 11) is 0. The molecular weight excluding hydrogens is 264 g/mol. The van der Waals surface area contributed by atoms with Crippen LogP contribution in [0.15, 0.2) is 34.9 Å². The first-order valence-corrected chi connectivity index (χ1v) is 7.46. The molecule has 0 aromatic carbocycles. The van der Waals surface area contributed by atoms with E-state index in [1.54, 1.807) is 0 Å². The Morgan fingerprint density at radius 1 is 1.29 bits per heavy atom. The molecular formula is C16H18N4O. The third-order valence-corrected chi connectivity index (χ3v) is 4.01. The first kappa shape index (κ1) is 12.6. The fourth-order valence-corrected chi connectivity index (χ4v) is 3.01. The Balaban J connectivity index is 1.92. The Morgan fingerprint density at radius 2 is 2.24 bits per heavy atom. The molecule has 0 spiro atoms. The lowest BCUT2D eigenvalue weighted by Gasteiger charge is -2.26. The minimum Gasteiger partial charge on any atom is -0.458 e. The average molecular weight is 282 g/mol. The Kier molecular flexibility index (Phi) is 3.00. The molecule has 0 aliphatic carbocycles. The summed E-state index contributed by atoms with van der Waals surface area (Å²) >= 11 is 0. The van der Waals surface area contributed by atoms with Crippen LogP contribution in [0.4, 0.5) is 0 Å². The monoisotopic (exact) mass is 282 g/mol. The van der Waals surface area contributed by atoms with Crippen LogP contribution in [0.1, 0.15) is 31.2 Å². The van der Waals surface area contributed by atoms with Crippen LogP contribution < -0.4 is 5.32 Å². The standard InChI is InChI=1S/C16H18N4O/c1-11-7-8-13(21-11)16-19-12-5-4-10-18-15(12)20(16)14-6-2-3-9-17-14/h4-5,7-8,10,14,17H,2-3,6,9H2,1H3. The molecule has 4 heterocycles. The number of hydrogen-bond donors (Lipinski definition) is 1. The lowest BCUT2D eigenvalue weighted by atomic mass is 10.1. The van der Waals surface area contributed by atoms with Gasteiger partial charge < -0.3 is 4.42 Å². The zero-order valence-electron chi connectivity index (χ0n) is 12.0. The van der Waals surface area contributed by atoms with Gasteiger partial charge in [0.25, 0.3) is 0 Å². The van der Waals surface area contributed by atoms with Gasteiger partial charge in [0.05, 0.1) is 6.17 Å². The molecule has 5 heteroatoms. The summed E-state index contributed by atoms with van der Waals surface area (Å²) < 4.78 is 7.98. The van der Waals surface area contributed by atoms with Gasteiger partial charge in [-0.3, -0.25) is 9.88 Å². The number of imidazole rings is 1. The smallest absolute Gasteiger partial charge is 0.179 e. The third kappa shape index (κ3) is 2.14. The molecule has 1 unspecified atom stereocenters. The zero-order chi connectivity index (χ0) is 14.2. The quantitative estimate of drug-likeness (QED) is 0.783. The number of pyridine rings is 1. The summed E-state index contributed by atoms with van der Waals surface area (Å²) in [6, 6.07) is 7.88. The van der Waals surface area contributed by atoms with Crippen molar-refractivity contribution in [2.45, 2.75) is 32.4 Å². The summed E-state index contributed by atoms with van der Waals surface area (Å²) in [6.07, 6.45) is 5.60. The molecule has 0 radical (unpaired) electrons. The molecule has 1 atom stereocenters. The van der Waals surface area contributed by atoms with Crippen LogP contribution in [0.2, 0.25) is 0 Å². The highest BCUT2D eigenvalue weighted by Crippen LogP contribution is 2.30. The van der Waals surface area contributed by atoms with E-state index in [9.17, 15) is 0 Å². The number of nitrogens with one attached hydrogen (secondary N) is 1. The van der Waals surface area contributed by atoms with Gasteiger partial charge in [0.1, 0.15) is 11.3 Å². The largest absolute Gasteiger partial charge is 0.458 e. The maximum absolute atomic E-state index is 5.79. The molecule has 3 aromatic rings. The number of furan rings is 1. The van der Waals surface area contributed by atoms with E-state index in [0.717, 1.165) is 41.5 Å². The lowest BCUT2D eigenvalue weighted by molar-refractivity contribution is 0.326. The second-order valence-electron chi connectivity index (χ2n) is 5.53. The molecule has 0 saturated carbocycles. The van der Waals surface area contributed by atoms with Gasteiger partial charge in [0, 0.05) is 6.20 Å². The van der Waals surface area contributed by atoms with Gasteiger partial charge in [0.15, 0.2) is 17.2 Å². The van der Waals surface area contributed by atoms with Gasteiger partial charge in [-0.15, -0.1) is 0 Å². The Bertz CT molecular complexity index is 768. The van der Waals surface area contributed by atoms with E-state index in [1.807, 2.05) is 37.4 Å². The predicted molar refractivity (Wildman–Crippen MR) is 80.9 cm³/mol. The SMILES string of the molecule is Cc1ccc(-c2nc3cccnc3n2C2CCCCN2)o1. The zero-order valence-corrected chi connectivity index (χ0v) is 12.0. The van der Waals surface area contributed by atoms with Crippen molar-refractivity contribution >= 4 is 11.2 Å². The minimum absolute atomic E-state index is 0.235. The first-order chi connectivity index (χ1) is 10.3. The van der Waals surface area contributed by atoms with Crippen LogP contribution in [0, 0.1) is 6.92 Å². The molecule has 1 fully saturated rings. The second kappa shape index (κ2) is 5.00. The van der Waals surface area contributed by atoms with Crippen molar-refractivity contribution in [2.24, 2.45) is 0 Å². The number of nitrogens with zero attached hydrogens (tertiary/aromatic N) is 3. The molecule has 1 aliphatic heterocycles. The van der Waals surface area contributed by atoms with E-state index >= 15 is 0 Å². The van der Waals surface area contributed by atoms with E-state index < -0.39 is 0 Å². The molecule has 4 rings (SSSR count). The van der Waals surface area contributed by atoms with Gasteiger partial charge in [-0.25, -0.2) is 9.97 Å². The van der Waals surface area contributed by atoms with Gasteiger partial charge in [-0.05, 0) is 57.0 Å². The lowest BCUT2D eigenvalue weighted by Crippen LogP contribution is -2.31. The molecule has 5 nitrogen and oxygen atoms in total. The van der Waals surface area contributed by atoms with E-state index in [0.29, 0.717) is 0 Å². The number of rotatable bonds is 2. The van der Waals surface area contributed by atoms with Crippen LogP contribution in [-0.2, 0) is 0 Å². The summed E-state index contributed by atoms with van der Waals surface area (Å²) in [6.45, 7) is 2.99. The number of aromatic nitrogens is 3. The van der Waals surface area contributed by atoms with Crippen molar-refractivity contribution < 1.29 is 4.42 Å². The van der Waals surface area contributed by atoms with Gasteiger partial charge in [-0.2, -0.15) is 0 Å². The van der Waals surface area contributed by atoms with Crippen LogP contribution in [0.25, 0.3) is 22.7 Å². The molecule has 1 saturated heterocycles. The number of piperidine rings is 1. The maximum atomic E-state index is 5.79. The molecule has 1 N–H and O–H groups in total. The Morgan fingerprint density at radius 3 is 3.00 bits per heavy atom. The summed E-state index contributed by atoms with van der Waals surface area (Å²) in [4.78, 5) is 9.27. The van der Waals surface area contributed by atoms with Crippen molar-refractivity contribution in [2.75, 3.05) is 6.54 Å². The average Bonchev–Trinajstić information content (AvgIpc) is 3.11. The normalized spacial score (nSPS) is 19.2. The minimum atomic E-state index is 0.235. The van der Waals surface area contributed by atoms with Gasteiger partial charge >= 0.3 is 0 Å². The number of aryl methyl sites for hydroxylation is 1. The number of fused-ring (bicyclic) bond motifs is 1. The van der Waals surface area contributed by atoms with Crippen LogP contribution in [-0.4, -0.2) is 21.1 Å². The van der Waals surface area contributed by atoms with E-state index in [-0.39, 0.29) is 6.17 Å². The van der Waals surface area contributed by atoms with Crippen molar-refractivity contribution in [3.63, 3.8) is 0 Å². The van der Waals surface area contributed by atoms with E-state index in [1.165, 1.54) is 12.8 Å². The Labute approximate surface area is 123 Å². The topological polar surface area (TPSA) is 55.9 Å². The third-order valence-electron chi connectivity index (χ3n) is 4.01. The molecule has 108 valence electrons. The molecule has 3 aromatic heterocycles. The highest BCUT2D eigenvalue weighted by Gasteiger charge is 2.23. The van der Waals surface area contributed by atoms with Crippen LogP contribution in [0.3, 0.4) is 0 Å². The summed E-state index contributed by atoms with van der Waals surface area (Å²) in [5.41, 5.74) is 1.83. The van der Waals surface area contributed by atoms with Gasteiger partial charge in [-0.1, -0.05) is 0 Å². The van der Waals surface area contributed by atoms with E-state index in [2.05, 4.69) is 14.9 Å². The predicted octanol–water partition coefficient (Wildman–Crippen LogP) is 3.27. The Hall–Kier alpha value is -2.14. The molecule has 1 aliphatic rings. The van der Waals surface area contributed by atoms with Crippen LogP contribution >= 0.6 is 0 Å². The van der Waals surface area contributed by atoms with Gasteiger partial charge in [0.2, 0.25) is 0 Å². The highest BCUT2D eigenvalue weighted by atomic mass is 16.3. The fourth-order valence-electron chi connectivity index (χ4n) is 3.01. The van der Waals surface area contributed by atoms with E-state index in [4.69, 9.17) is 9.40 Å². The van der Waals surface area contributed by atoms with Crippen LogP contribution in [0.5, 0.6) is 0 Å². The fraction of sp³-hybridized carbons (Fsp3) is 0.375. The van der Waals surface area contributed by atoms with Crippen molar-refractivity contribution in [1.29, 1.82) is 0 Å². The second-order valence-corrected chi connectivity index (χ2v) is 5.53. The maximum Gasteiger partial charge on any atom is 0.179 e.